The monoisotopic (exact) mass is 1190 g/mol. The Bertz CT molecular complexity index is 4900. The van der Waals surface area contributed by atoms with Gasteiger partial charge >= 0.3 is 0 Å². The minimum absolute atomic E-state index is 0.0298. The third kappa shape index (κ3) is 7.88. The summed E-state index contributed by atoms with van der Waals surface area (Å²) < 4.78 is 2.70. The van der Waals surface area contributed by atoms with E-state index in [-0.39, 0.29) is 44.6 Å². The van der Waals surface area contributed by atoms with Gasteiger partial charge in [0.15, 0.2) is 0 Å². The lowest BCUT2D eigenvalue weighted by Crippen LogP contribution is -2.62. The normalized spacial score (nSPS) is 18.0. The number of rotatable bonds is 4. The van der Waals surface area contributed by atoms with Crippen molar-refractivity contribution in [1.29, 1.82) is 0 Å². The number of nitrogens with zero attached hydrogens (tertiary/aromatic N) is 2. The van der Waals surface area contributed by atoms with Gasteiger partial charge in [-0.05, 0) is 209 Å². The van der Waals surface area contributed by atoms with Crippen LogP contribution in [-0.2, 0) is 37.9 Å². The second kappa shape index (κ2) is 18.9. The topological polar surface area (TPSA) is 6.48 Å². The van der Waals surface area contributed by atoms with E-state index in [2.05, 4.69) is 309 Å². The van der Waals surface area contributed by atoms with Crippen LogP contribution in [0.4, 0.5) is 34.1 Å². The molecule has 0 fully saturated rings. The standard InChI is InChI=1S/C86H85BN2S/c1-50-26-25-27-51(2)76(50)53-42-72-78-73(43-53)89(70-38-34-54(80(3,4)5)44-56(70)52-28-19-18-20-29-52)79-68(37-39-74-77(79)57-46-63-64(49-75(57)90-74)82(8,9)41-40-81(63,6)7)87(78)69-47-66-67(86(16,17)61-33-24-23-32-60(61)85(66,14)15)48-71(69)88(72)55-35-36-62-65(45-55)84(12,13)59-31-22-21-30-58(59)83(62,10)11/h18-39,42-49H,40-41H2,1-17H3. The maximum atomic E-state index is 2.79. The third-order valence-corrected chi connectivity index (χ3v) is 24.4. The van der Waals surface area contributed by atoms with Gasteiger partial charge < -0.3 is 9.80 Å². The summed E-state index contributed by atoms with van der Waals surface area (Å²) in [5, 5.41) is 2.72. The van der Waals surface area contributed by atoms with Crippen molar-refractivity contribution < 1.29 is 0 Å². The Hall–Kier alpha value is -7.92. The zero-order chi connectivity index (χ0) is 62.9. The molecule has 0 saturated heterocycles. The minimum Gasteiger partial charge on any atom is -0.311 e. The van der Waals surface area contributed by atoms with E-state index in [1.807, 2.05) is 11.3 Å². The summed E-state index contributed by atoms with van der Waals surface area (Å²) in [5.41, 5.74) is 33.6. The largest absolute Gasteiger partial charge is 0.311 e. The van der Waals surface area contributed by atoms with Crippen LogP contribution in [0, 0.1) is 13.8 Å². The van der Waals surface area contributed by atoms with Gasteiger partial charge in [-0.15, -0.1) is 11.3 Å². The number of aryl methyl sites for hydroxylation is 2. The van der Waals surface area contributed by atoms with Crippen molar-refractivity contribution in [3.8, 4) is 22.3 Å². The molecule has 11 aromatic rings. The molecule has 0 saturated carbocycles. The highest BCUT2D eigenvalue weighted by molar-refractivity contribution is 7.26. The number of anilines is 6. The molecule has 10 aromatic carbocycles. The predicted octanol–water partition coefficient (Wildman–Crippen LogP) is 21.7. The van der Waals surface area contributed by atoms with Crippen LogP contribution in [0.3, 0.4) is 0 Å². The van der Waals surface area contributed by atoms with E-state index in [9.17, 15) is 0 Å². The number of thiophene rings is 1. The highest BCUT2D eigenvalue weighted by Gasteiger charge is 2.50. The van der Waals surface area contributed by atoms with E-state index in [0.29, 0.717) is 0 Å². The molecule has 90 heavy (non-hydrogen) atoms. The van der Waals surface area contributed by atoms with Crippen LogP contribution in [0.25, 0.3) is 42.4 Å². The van der Waals surface area contributed by atoms with Crippen molar-refractivity contribution in [2.45, 2.75) is 168 Å². The molecule has 4 heteroatoms. The van der Waals surface area contributed by atoms with Gasteiger partial charge in [-0.25, -0.2) is 0 Å². The van der Waals surface area contributed by atoms with E-state index in [0.717, 1.165) is 6.42 Å². The number of fused-ring (bicyclic) bond motifs is 13. The van der Waals surface area contributed by atoms with Crippen LogP contribution >= 0.6 is 11.3 Å². The van der Waals surface area contributed by atoms with Crippen LogP contribution in [0.1, 0.15) is 189 Å². The third-order valence-electron chi connectivity index (χ3n) is 23.2. The first kappa shape index (κ1) is 57.3. The number of hydrogen-bond donors (Lipinski definition) is 0. The fourth-order valence-electron chi connectivity index (χ4n) is 17.9. The lowest BCUT2D eigenvalue weighted by molar-refractivity contribution is 0.332. The summed E-state index contributed by atoms with van der Waals surface area (Å²) in [6, 6.07) is 72.8. The molecule has 1 aromatic heterocycles. The van der Waals surface area contributed by atoms with Crippen LogP contribution in [-0.4, -0.2) is 6.71 Å². The van der Waals surface area contributed by atoms with Gasteiger partial charge in [0.1, 0.15) is 0 Å². The van der Waals surface area contributed by atoms with E-state index >= 15 is 0 Å². The Morgan fingerprint density at radius 1 is 0.400 bits per heavy atom. The maximum absolute atomic E-state index is 2.79. The molecule has 0 radical (unpaired) electrons. The zero-order valence-corrected chi connectivity index (χ0v) is 56.9. The molecule has 0 bridgehead atoms. The molecule has 448 valence electrons. The Kier molecular flexibility index (Phi) is 12.0. The van der Waals surface area contributed by atoms with Gasteiger partial charge in [0, 0.05) is 70.1 Å². The summed E-state index contributed by atoms with van der Waals surface area (Å²) in [4.78, 5) is 5.54. The molecule has 0 N–H and O–H groups in total. The Balaban J connectivity index is 1.10. The van der Waals surface area contributed by atoms with Gasteiger partial charge in [0.2, 0.25) is 0 Å². The summed E-state index contributed by atoms with van der Waals surface area (Å²) in [5.74, 6) is 0. The summed E-state index contributed by atoms with van der Waals surface area (Å²) in [6.07, 6.45) is 2.34. The van der Waals surface area contributed by atoms with Gasteiger partial charge in [0.05, 0.1) is 11.4 Å². The smallest absolute Gasteiger partial charge is 0.252 e. The lowest BCUT2D eigenvalue weighted by Gasteiger charge is -2.49. The van der Waals surface area contributed by atoms with E-state index in [4.69, 9.17) is 0 Å². The van der Waals surface area contributed by atoms with Crippen molar-refractivity contribution in [3.05, 3.63) is 254 Å². The molecule has 0 atom stereocenters. The first-order valence-electron chi connectivity index (χ1n) is 33.2. The quantitative estimate of drug-likeness (QED) is 0.162. The fraction of sp³-hybridized carbons (Fsp3) is 0.302. The van der Waals surface area contributed by atoms with Crippen LogP contribution < -0.4 is 26.2 Å². The fourth-order valence-corrected chi connectivity index (χ4v) is 19.1. The maximum Gasteiger partial charge on any atom is 0.252 e. The molecule has 5 aliphatic rings. The van der Waals surface area contributed by atoms with E-state index in [1.165, 1.54) is 172 Å². The zero-order valence-electron chi connectivity index (χ0n) is 56.1. The molecule has 0 amide bonds. The van der Waals surface area contributed by atoms with Crippen molar-refractivity contribution in [1.82, 2.24) is 0 Å². The van der Waals surface area contributed by atoms with Crippen LogP contribution in [0.2, 0.25) is 0 Å². The van der Waals surface area contributed by atoms with Crippen molar-refractivity contribution in [2.24, 2.45) is 0 Å². The molecule has 0 unspecified atom stereocenters. The van der Waals surface area contributed by atoms with Gasteiger partial charge in [-0.3, -0.25) is 0 Å². The SMILES string of the molecule is Cc1cccc(C)c1-c1cc2c3c(c1)N(c1ccc(C(C)(C)C)cc1-c1ccccc1)c1c(ccc4sc5cc6c(cc5c14)C(C)(C)CCC6(C)C)B3c1cc3c(cc1N2c1ccc2c(c1)C(C)(C)c1ccccc1C2(C)C)C(C)(C)c1ccccc1C3(C)C. The highest BCUT2D eigenvalue weighted by atomic mass is 32.1. The van der Waals surface area contributed by atoms with Crippen LogP contribution in [0.5, 0.6) is 0 Å². The lowest BCUT2D eigenvalue weighted by atomic mass is 9.33. The van der Waals surface area contributed by atoms with Crippen molar-refractivity contribution >= 4 is 88.7 Å². The van der Waals surface area contributed by atoms with Gasteiger partial charge in [-0.1, -0.05) is 225 Å². The number of hydrogen-bond acceptors (Lipinski definition) is 3. The molecule has 3 heterocycles. The first-order valence-corrected chi connectivity index (χ1v) is 34.0. The molecular formula is C86H85BN2S. The summed E-state index contributed by atoms with van der Waals surface area (Å²) in [6.45, 7) is 41.3. The van der Waals surface area contributed by atoms with Crippen LogP contribution in [0.15, 0.2) is 182 Å². The first-order chi connectivity index (χ1) is 42.6. The van der Waals surface area contributed by atoms with Crippen molar-refractivity contribution in [3.63, 3.8) is 0 Å². The Morgan fingerprint density at radius 3 is 1.53 bits per heavy atom. The highest BCUT2D eigenvalue weighted by Crippen LogP contribution is 2.58. The van der Waals surface area contributed by atoms with E-state index < -0.39 is 0 Å². The molecular weight excluding hydrogens is 1100 g/mol. The molecule has 16 rings (SSSR count). The molecule has 3 aliphatic carbocycles. The molecule has 2 aliphatic heterocycles. The van der Waals surface area contributed by atoms with E-state index in [1.54, 1.807) is 0 Å². The van der Waals surface area contributed by atoms with Crippen molar-refractivity contribution in [2.75, 3.05) is 9.80 Å². The summed E-state index contributed by atoms with van der Waals surface area (Å²) >= 11 is 1.99. The van der Waals surface area contributed by atoms with Gasteiger partial charge in [0.25, 0.3) is 6.71 Å². The second-order valence-electron chi connectivity index (χ2n) is 32.1. The average Bonchev–Trinajstić information content (AvgIpc) is 0.919. The predicted molar refractivity (Wildman–Crippen MR) is 389 cm³/mol. The average molecular weight is 1190 g/mol. The Morgan fingerprint density at radius 2 is 0.933 bits per heavy atom. The molecule has 2 nitrogen and oxygen atoms in total. The minimum atomic E-state index is -0.281. The Labute approximate surface area is 540 Å². The number of benzene rings is 10. The van der Waals surface area contributed by atoms with Gasteiger partial charge in [-0.2, -0.15) is 0 Å². The molecule has 0 spiro atoms. The second-order valence-corrected chi connectivity index (χ2v) is 33.1. The summed E-state index contributed by atoms with van der Waals surface area (Å²) in [7, 11) is 0.